The zero-order valence-corrected chi connectivity index (χ0v) is 11.1. The van der Waals surface area contributed by atoms with Crippen molar-refractivity contribution >= 4 is 29.2 Å². The van der Waals surface area contributed by atoms with Gasteiger partial charge in [0.1, 0.15) is 0 Å². The van der Waals surface area contributed by atoms with Gasteiger partial charge in [-0.2, -0.15) is 0 Å². The number of unbranched alkanes of at least 4 members (excludes halogenated alkanes) is 7. The predicted octanol–water partition coefficient (Wildman–Crippen LogP) is 4.52. The zero-order chi connectivity index (χ0) is 11.4. The summed E-state index contributed by atoms with van der Waals surface area (Å²) >= 11 is 8.58. The lowest BCUT2D eigenvalue weighted by molar-refractivity contribution is 0.308. The number of hydrogen-bond donors (Lipinski definition) is 1. The average molecular weight is 246 g/mol. The molecular weight excluding hydrogens is 224 g/mol. The second kappa shape index (κ2) is 12.1. The van der Waals surface area contributed by atoms with E-state index in [4.69, 9.17) is 4.74 Å². The van der Waals surface area contributed by atoms with Crippen LogP contribution in [0.2, 0.25) is 0 Å². The molecule has 0 atom stereocenters. The summed E-state index contributed by atoms with van der Waals surface area (Å²) in [7, 11) is 0. The molecular formula is C12H22OS2. The van der Waals surface area contributed by atoms with Crippen LogP contribution in [0, 0.1) is 0 Å². The number of hydrogen-bond acceptors (Lipinski definition) is 2. The molecule has 0 fully saturated rings. The van der Waals surface area contributed by atoms with Crippen LogP contribution in [0.25, 0.3) is 0 Å². The highest BCUT2D eigenvalue weighted by molar-refractivity contribution is 8.10. The molecule has 0 saturated heterocycles. The minimum Gasteiger partial charge on any atom is -0.479 e. The molecule has 3 heteroatoms. The molecule has 0 unspecified atom stereocenters. The molecule has 15 heavy (non-hydrogen) atoms. The highest BCUT2D eigenvalue weighted by atomic mass is 32.1. The van der Waals surface area contributed by atoms with Crippen molar-refractivity contribution in [3.63, 3.8) is 0 Å². The van der Waals surface area contributed by atoms with Gasteiger partial charge in [-0.15, -0.1) is 6.58 Å². The third-order valence-corrected chi connectivity index (χ3v) is 2.53. The molecule has 0 heterocycles. The van der Waals surface area contributed by atoms with Gasteiger partial charge in [-0.25, -0.2) is 0 Å². The van der Waals surface area contributed by atoms with Gasteiger partial charge in [0.05, 0.1) is 6.61 Å². The van der Waals surface area contributed by atoms with Crippen molar-refractivity contribution in [2.45, 2.75) is 51.4 Å². The summed E-state index contributed by atoms with van der Waals surface area (Å²) in [6.45, 7) is 4.43. The first kappa shape index (κ1) is 15.0. The van der Waals surface area contributed by atoms with Crippen LogP contribution in [-0.2, 0) is 4.74 Å². The predicted molar refractivity (Wildman–Crippen MR) is 74.7 cm³/mol. The van der Waals surface area contributed by atoms with Gasteiger partial charge in [0, 0.05) is 0 Å². The van der Waals surface area contributed by atoms with Crippen LogP contribution in [0.3, 0.4) is 0 Å². The van der Waals surface area contributed by atoms with E-state index in [1.165, 1.54) is 38.5 Å². The van der Waals surface area contributed by atoms with Gasteiger partial charge in [-0.05, 0) is 31.5 Å². The standard InChI is InChI=1S/C12H22OS2/c1-2-3-4-5-6-7-8-9-10-11-13-12(14)15/h2H,1,3-11H2,(H,14,15). The fraction of sp³-hybridized carbons (Fsp3) is 0.750. The first-order valence-corrected chi connectivity index (χ1v) is 6.59. The van der Waals surface area contributed by atoms with E-state index in [0.29, 0.717) is 4.38 Å². The molecule has 0 radical (unpaired) electrons. The van der Waals surface area contributed by atoms with E-state index < -0.39 is 0 Å². The van der Waals surface area contributed by atoms with Crippen LogP contribution in [0.1, 0.15) is 51.4 Å². The van der Waals surface area contributed by atoms with E-state index in [1.807, 2.05) is 6.08 Å². The van der Waals surface area contributed by atoms with E-state index in [0.717, 1.165) is 19.4 Å². The first-order chi connectivity index (χ1) is 7.27. The van der Waals surface area contributed by atoms with Crippen LogP contribution >= 0.6 is 24.8 Å². The number of allylic oxidation sites excluding steroid dienone is 1. The smallest absolute Gasteiger partial charge is 0.216 e. The highest BCUT2D eigenvalue weighted by Gasteiger charge is 1.92. The van der Waals surface area contributed by atoms with Gasteiger partial charge in [-0.3, -0.25) is 0 Å². The maximum Gasteiger partial charge on any atom is 0.216 e. The Kier molecular flexibility index (Phi) is 12.0. The molecule has 0 amide bonds. The topological polar surface area (TPSA) is 9.23 Å². The molecule has 0 rings (SSSR count). The van der Waals surface area contributed by atoms with Crippen LogP contribution in [0.5, 0.6) is 0 Å². The summed E-state index contributed by atoms with van der Waals surface area (Å²) in [5, 5.41) is 0. The first-order valence-electron chi connectivity index (χ1n) is 5.74. The summed E-state index contributed by atoms with van der Waals surface area (Å²) in [5.41, 5.74) is 0. The largest absolute Gasteiger partial charge is 0.479 e. The van der Waals surface area contributed by atoms with Crippen LogP contribution in [-0.4, -0.2) is 11.0 Å². The lowest BCUT2D eigenvalue weighted by Crippen LogP contribution is -1.95. The molecule has 0 spiro atoms. The molecule has 0 aliphatic heterocycles. The Morgan fingerprint density at radius 3 is 2.13 bits per heavy atom. The minimum absolute atomic E-state index is 0.361. The second-order valence-electron chi connectivity index (χ2n) is 3.67. The van der Waals surface area contributed by atoms with Crippen LogP contribution in [0.4, 0.5) is 0 Å². The normalized spacial score (nSPS) is 9.93. The Balaban J connectivity index is 2.92. The van der Waals surface area contributed by atoms with Crippen molar-refractivity contribution in [1.82, 2.24) is 0 Å². The van der Waals surface area contributed by atoms with E-state index >= 15 is 0 Å². The number of thiol groups is 1. The van der Waals surface area contributed by atoms with E-state index in [2.05, 4.69) is 31.4 Å². The lowest BCUT2D eigenvalue weighted by atomic mass is 10.1. The van der Waals surface area contributed by atoms with E-state index in [9.17, 15) is 0 Å². The fourth-order valence-corrected chi connectivity index (χ4v) is 1.61. The van der Waals surface area contributed by atoms with Gasteiger partial charge in [-0.1, -0.05) is 50.8 Å². The molecule has 0 aromatic heterocycles. The van der Waals surface area contributed by atoms with Crippen molar-refractivity contribution in [2.75, 3.05) is 6.61 Å². The average Bonchev–Trinajstić information content (AvgIpc) is 2.20. The Hall–Kier alpha value is -0.0200. The van der Waals surface area contributed by atoms with Gasteiger partial charge < -0.3 is 4.74 Å². The minimum atomic E-state index is 0.361. The summed E-state index contributed by atoms with van der Waals surface area (Å²) in [4.78, 5) is 0. The molecule has 0 aromatic rings. The SMILES string of the molecule is C=CCCCCCCCCCOC(=S)S. The quantitative estimate of drug-likeness (QED) is 0.262. The number of rotatable bonds is 10. The fourth-order valence-electron chi connectivity index (χ4n) is 1.43. The van der Waals surface area contributed by atoms with Gasteiger partial charge in [0.25, 0.3) is 0 Å². The molecule has 0 aromatic carbocycles. The maximum absolute atomic E-state index is 5.09. The Bertz CT molecular complexity index is 169. The van der Waals surface area contributed by atoms with Crippen molar-refractivity contribution in [3.8, 4) is 0 Å². The van der Waals surface area contributed by atoms with Crippen molar-refractivity contribution < 1.29 is 4.74 Å². The zero-order valence-electron chi connectivity index (χ0n) is 9.41. The lowest BCUT2D eigenvalue weighted by Gasteiger charge is -2.03. The molecule has 0 aliphatic carbocycles. The van der Waals surface area contributed by atoms with Crippen molar-refractivity contribution in [2.24, 2.45) is 0 Å². The van der Waals surface area contributed by atoms with Gasteiger partial charge in [0.15, 0.2) is 0 Å². The Morgan fingerprint density at radius 1 is 1.07 bits per heavy atom. The third-order valence-electron chi connectivity index (χ3n) is 2.28. The molecule has 1 nitrogen and oxygen atoms in total. The molecule has 0 saturated carbocycles. The Labute approximate surface area is 105 Å². The summed E-state index contributed by atoms with van der Waals surface area (Å²) in [6, 6.07) is 0. The second-order valence-corrected chi connectivity index (χ2v) is 4.75. The van der Waals surface area contributed by atoms with E-state index in [-0.39, 0.29) is 0 Å². The number of thiocarbonyl (C=S) groups is 1. The van der Waals surface area contributed by atoms with Crippen LogP contribution < -0.4 is 0 Å². The number of ether oxygens (including phenoxy) is 1. The van der Waals surface area contributed by atoms with Gasteiger partial charge in [0.2, 0.25) is 4.38 Å². The molecule has 0 bridgehead atoms. The summed E-state index contributed by atoms with van der Waals surface area (Å²) in [5.74, 6) is 0. The molecule has 0 N–H and O–H groups in total. The summed E-state index contributed by atoms with van der Waals surface area (Å²) < 4.78 is 5.45. The molecule has 0 aliphatic rings. The van der Waals surface area contributed by atoms with Gasteiger partial charge >= 0.3 is 0 Å². The maximum atomic E-state index is 5.09. The summed E-state index contributed by atoms with van der Waals surface area (Å²) in [6.07, 6.45) is 12.1. The molecule has 88 valence electrons. The van der Waals surface area contributed by atoms with Crippen molar-refractivity contribution in [3.05, 3.63) is 12.7 Å². The monoisotopic (exact) mass is 246 g/mol. The third kappa shape index (κ3) is 14.0. The van der Waals surface area contributed by atoms with Crippen molar-refractivity contribution in [1.29, 1.82) is 0 Å². The highest BCUT2D eigenvalue weighted by Crippen LogP contribution is 2.08. The van der Waals surface area contributed by atoms with Crippen LogP contribution in [0.15, 0.2) is 12.7 Å². The van der Waals surface area contributed by atoms with E-state index in [1.54, 1.807) is 0 Å². The Morgan fingerprint density at radius 2 is 1.60 bits per heavy atom.